The Morgan fingerprint density at radius 3 is 2.33 bits per heavy atom. The first-order valence-electron chi connectivity index (χ1n) is 7.02. The van der Waals surface area contributed by atoms with E-state index in [0.29, 0.717) is 0 Å². The highest BCUT2D eigenvalue weighted by Crippen LogP contribution is 2.30. The third-order valence-corrected chi connectivity index (χ3v) is 3.93. The van der Waals surface area contributed by atoms with Crippen LogP contribution in [0.1, 0.15) is 25.1 Å². The maximum Gasteiger partial charge on any atom is 0.138 e. The summed E-state index contributed by atoms with van der Waals surface area (Å²) in [6.07, 6.45) is 0. The van der Waals surface area contributed by atoms with Gasteiger partial charge in [0.2, 0.25) is 0 Å². The molecule has 114 valence electrons. The van der Waals surface area contributed by atoms with Crippen LogP contribution < -0.4 is 4.90 Å². The molecule has 0 amide bonds. The number of aryl methyl sites for hydroxylation is 1. The molecule has 2 N–H and O–H groups in total. The van der Waals surface area contributed by atoms with Crippen molar-refractivity contribution in [3.8, 4) is 5.69 Å². The van der Waals surface area contributed by atoms with Gasteiger partial charge in [0.15, 0.2) is 0 Å². The van der Waals surface area contributed by atoms with Gasteiger partial charge >= 0.3 is 0 Å². The highest BCUT2D eigenvalue weighted by atomic mass is 16.3. The summed E-state index contributed by atoms with van der Waals surface area (Å²) in [6, 6.07) is 9.79. The fraction of sp³-hybridized carbons (Fsp3) is 0.438. The van der Waals surface area contributed by atoms with Crippen LogP contribution in [0, 0.1) is 6.92 Å². The Bertz CT molecular complexity index is 605. The third-order valence-electron chi connectivity index (χ3n) is 3.93. The predicted octanol–water partition coefficient (Wildman–Crippen LogP) is 1.88. The summed E-state index contributed by atoms with van der Waals surface area (Å²) in [5.74, 6) is 0.806. The molecule has 5 nitrogen and oxygen atoms in total. The van der Waals surface area contributed by atoms with Crippen LogP contribution in [0.4, 0.5) is 5.82 Å². The lowest BCUT2D eigenvalue weighted by Crippen LogP contribution is -2.45. The predicted molar refractivity (Wildman–Crippen MR) is 83.8 cm³/mol. The van der Waals surface area contributed by atoms with Crippen molar-refractivity contribution in [3.05, 3.63) is 41.6 Å². The number of para-hydroxylation sites is 1. The number of anilines is 1. The number of aliphatic hydroxyl groups excluding tert-OH is 2. The summed E-state index contributed by atoms with van der Waals surface area (Å²) in [4.78, 5) is 1.96. The molecule has 21 heavy (non-hydrogen) atoms. The van der Waals surface area contributed by atoms with E-state index in [1.165, 1.54) is 0 Å². The molecule has 0 saturated carbocycles. The largest absolute Gasteiger partial charge is 0.394 e. The number of likely N-dealkylation sites (N-methyl/N-ethyl adjacent to an activating group) is 1. The molecular formula is C16H23N3O2. The molecule has 0 spiro atoms. The summed E-state index contributed by atoms with van der Waals surface area (Å²) >= 11 is 0. The van der Waals surface area contributed by atoms with Crippen LogP contribution in [0.15, 0.2) is 30.3 Å². The van der Waals surface area contributed by atoms with E-state index < -0.39 is 5.54 Å². The molecule has 0 atom stereocenters. The lowest BCUT2D eigenvalue weighted by atomic mass is 10.0. The molecule has 2 rings (SSSR count). The van der Waals surface area contributed by atoms with Crippen LogP contribution in [-0.4, -0.2) is 39.2 Å². The van der Waals surface area contributed by atoms with E-state index in [-0.39, 0.29) is 13.2 Å². The highest BCUT2D eigenvalue weighted by molar-refractivity contribution is 5.56. The summed E-state index contributed by atoms with van der Waals surface area (Å²) in [6.45, 7) is 5.71. The fourth-order valence-corrected chi connectivity index (χ4v) is 2.22. The van der Waals surface area contributed by atoms with Crippen molar-refractivity contribution in [2.75, 3.05) is 18.6 Å². The lowest BCUT2D eigenvalue weighted by molar-refractivity contribution is 0.214. The SMILES string of the molecule is Cc1nn(-c2ccccc2)c(N(C)C(C)(C)CO)c1CO. The summed E-state index contributed by atoms with van der Waals surface area (Å²) < 4.78 is 1.82. The van der Waals surface area contributed by atoms with Gasteiger partial charge in [-0.2, -0.15) is 5.10 Å². The van der Waals surface area contributed by atoms with Crippen molar-refractivity contribution in [2.24, 2.45) is 0 Å². The molecule has 0 saturated heterocycles. The summed E-state index contributed by atoms with van der Waals surface area (Å²) in [7, 11) is 1.91. The molecule has 0 radical (unpaired) electrons. The van der Waals surface area contributed by atoms with E-state index in [1.54, 1.807) is 0 Å². The van der Waals surface area contributed by atoms with Crippen molar-refractivity contribution < 1.29 is 10.2 Å². The Labute approximate surface area is 125 Å². The van der Waals surface area contributed by atoms with Crippen LogP contribution >= 0.6 is 0 Å². The molecule has 0 bridgehead atoms. The highest BCUT2D eigenvalue weighted by Gasteiger charge is 2.29. The number of aliphatic hydroxyl groups is 2. The molecule has 0 aliphatic heterocycles. The van der Waals surface area contributed by atoms with E-state index in [2.05, 4.69) is 5.10 Å². The monoisotopic (exact) mass is 289 g/mol. The van der Waals surface area contributed by atoms with Gasteiger partial charge in [0.25, 0.3) is 0 Å². The van der Waals surface area contributed by atoms with E-state index in [4.69, 9.17) is 0 Å². The van der Waals surface area contributed by atoms with Crippen molar-refractivity contribution in [2.45, 2.75) is 32.9 Å². The zero-order valence-corrected chi connectivity index (χ0v) is 13.0. The molecule has 0 aliphatic carbocycles. The van der Waals surface area contributed by atoms with E-state index >= 15 is 0 Å². The molecule has 1 heterocycles. The molecule has 1 aromatic heterocycles. The van der Waals surface area contributed by atoms with Gasteiger partial charge < -0.3 is 15.1 Å². The van der Waals surface area contributed by atoms with Crippen molar-refractivity contribution >= 4 is 5.82 Å². The minimum atomic E-state index is -0.455. The minimum absolute atomic E-state index is 0.00733. The molecular weight excluding hydrogens is 266 g/mol. The summed E-state index contributed by atoms with van der Waals surface area (Å²) in [5, 5.41) is 23.9. The Morgan fingerprint density at radius 1 is 1.19 bits per heavy atom. The zero-order valence-electron chi connectivity index (χ0n) is 13.0. The van der Waals surface area contributed by atoms with Gasteiger partial charge in [0, 0.05) is 12.6 Å². The summed E-state index contributed by atoms with van der Waals surface area (Å²) in [5.41, 5.74) is 2.04. The van der Waals surface area contributed by atoms with Gasteiger partial charge in [0.05, 0.1) is 30.1 Å². The smallest absolute Gasteiger partial charge is 0.138 e. The Kier molecular flexibility index (Phi) is 4.34. The third kappa shape index (κ3) is 2.80. The van der Waals surface area contributed by atoms with Crippen LogP contribution in [0.3, 0.4) is 0 Å². The number of aromatic nitrogens is 2. The normalized spacial score (nSPS) is 11.7. The first-order chi connectivity index (χ1) is 9.92. The number of hydrogen-bond donors (Lipinski definition) is 2. The number of benzene rings is 1. The maximum atomic E-state index is 9.70. The van der Waals surface area contributed by atoms with Crippen molar-refractivity contribution in [1.29, 1.82) is 0 Å². The second-order valence-corrected chi connectivity index (χ2v) is 5.82. The van der Waals surface area contributed by atoms with Crippen LogP contribution in [0.5, 0.6) is 0 Å². The standard InChI is InChI=1S/C16H23N3O2/c1-12-14(10-20)15(18(4)16(2,3)11-21)19(17-12)13-8-6-5-7-9-13/h5-9,20-21H,10-11H2,1-4H3. The Hall–Kier alpha value is -1.85. The molecule has 5 heteroatoms. The van der Waals surface area contributed by atoms with Crippen LogP contribution in [0.25, 0.3) is 5.69 Å². The van der Waals surface area contributed by atoms with E-state index in [0.717, 1.165) is 22.8 Å². The average Bonchev–Trinajstić information content (AvgIpc) is 2.83. The van der Waals surface area contributed by atoms with Gasteiger partial charge in [0.1, 0.15) is 5.82 Å². The van der Waals surface area contributed by atoms with Gasteiger partial charge in [-0.15, -0.1) is 0 Å². The van der Waals surface area contributed by atoms with Gasteiger partial charge in [-0.25, -0.2) is 4.68 Å². The number of rotatable bonds is 5. The maximum absolute atomic E-state index is 9.70. The van der Waals surface area contributed by atoms with Gasteiger partial charge in [-0.3, -0.25) is 0 Å². The molecule has 0 unspecified atom stereocenters. The molecule has 1 aromatic carbocycles. The lowest BCUT2D eigenvalue weighted by Gasteiger charge is -2.36. The average molecular weight is 289 g/mol. The number of nitrogens with zero attached hydrogens (tertiary/aromatic N) is 3. The second-order valence-electron chi connectivity index (χ2n) is 5.82. The first kappa shape index (κ1) is 15.5. The van der Waals surface area contributed by atoms with Gasteiger partial charge in [-0.05, 0) is 32.9 Å². The topological polar surface area (TPSA) is 61.5 Å². The van der Waals surface area contributed by atoms with Crippen molar-refractivity contribution in [1.82, 2.24) is 9.78 Å². The van der Waals surface area contributed by atoms with E-state index in [9.17, 15) is 10.2 Å². The van der Waals surface area contributed by atoms with Gasteiger partial charge in [-0.1, -0.05) is 18.2 Å². The Morgan fingerprint density at radius 2 is 1.81 bits per heavy atom. The molecule has 2 aromatic rings. The quantitative estimate of drug-likeness (QED) is 0.882. The second kappa shape index (κ2) is 5.87. The minimum Gasteiger partial charge on any atom is -0.394 e. The Balaban J connectivity index is 2.63. The van der Waals surface area contributed by atoms with Crippen molar-refractivity contribution in [3.63, 3.8) is 0 Å². The molecule has 0 fully saturated rings. The number of hydrogen-bond acceptors (Lipinski definition) is 4. The van der Waals surface area contributed by atoms with E-state index in [1.807, 2.05) is 67.7 Å². The zero-order chi connectivity index (χ0) is 15.6. The molecule has 0 aliphatic rings. The fourth-order valence-electron chi connectivity index (χ4n) is 2.22. The van der Waals surface area contributed by atoms with Crippen LogP contribution in [0.2, 0.25) is 0 Å². The first-order valence-corrected chi connectivity index (χ1v) is 7.02. The van der Waals surface area contributed by atoms with Crippen LogP contribution in [-0.2, 0) is 6.61 Å².